The van der Waals surface area contributed by atoms with Crippen LogP contribution >= 0.6 is 0 Å². The largest absolute Gasteiger partial charge is 0.502 e. The Kier molecular flexibility index (Phi) is 5.90. The summed E-state index contributed by atoms with van der Waals surface area (Å²) in [6.45, 7) is 6.82. The standard InChI is InChI=1S/C11H18F3NO2Si/c1-5-16-9-7-10(6-8-15,11(12,13)14)17-18(2,3)4/h7,9H,5-6H2,1-4H3. The quantitative estimate of drug-likeness (QED) is 0.552. The molecule has 0 saturated carbocycles. The van der Waals surface area contributed by atoms with E-state index in [1.807, 2.05) is 0 Å². The van der Waals surface area contributed by atoms with Gasteiger partial charge < -0.3 is 9.16 Å². The fourth-order valence-corrected chi connectivity index (χ4v) is 2.65. The van der Waals surface area contributed by atoms with Gasteiger partial charge in [0.15, 0.2) is 13.9 Å². The van der Waals surface area contributed by atoms with Crippen molar-refractivity contribution in [2.75, 3.05) is 6.61 Å². The van der Waals surface area contributed by atoms with Crippen molar-refractivity contribution < 1.29 is 22.3 Å². The zero-order valence-electron chi connectivity index (χ0n) is 11.0. The van der Waals surface area contributed by atoms with Crippen LogP contribution in [0, 0.1) is 11.3 Å². The number of halogens is 3. The van der Waals surface area contributed by atoms with Gasteiger partial charge in [-0.15, -0.1) is 0 Å². The number of nitriles is 1. The van der Waals surface area contributed by atoms with Crippen molar-refractivity contribution >= 4 is 8.32 Å². The normalized spacial score (nSPS) is 16.3. The molecule has 0 rings (SSSR count). The molecule has 0 aromatic carbocycles. The lowest BCUT2D eigenvalue weighted by molar-refractivity contribution is -0.230. The van der Waals surface area contributed by atoms with E-state index in [0.717, 1.165) is 12.3 Å². The molecule has 7 heteroatoms. The minimum Gasteiger partial charge on any atom is -0.502 e. The molecule has 0 spiro atoms. The number of ether oxygens (including phenoxy) is 1. The van der Waals surface area contributed by atoms with Crippen LogP contribution in [0.3, 0.4) is 0 Å². The maximum absolute atomic E-state index is 13.2. The zero-order valence-corrected chi connectivity index (χ0v) is 12.0. The highest BCUT2D eigenvalue weighted by atomic mass is 28.4. The van der Waals surface area contributed by atoms with Gasteiger partial charge in [-0.25, -0.2) is 0 Å². The molecule has 0 aliphatic carbocycles. The maximum atomic E-state index is 13.2. The highest BCUT2D eigenvalue weighted by molar-refractivity contribution is 6.69. The van der Waals surface area contributed by atoms with Gasteiger partial charge in [-0.3, -0.25) is 0 Å². The van der Waals surface area contributed by atoms with Crippen LogP contribution in [0.5, 0.6) is 0 Å². The molecular weight excluding hydrogens is 263 g/mol. The summed E-state index contributed by atoms with van der Waals surface area (Å²) in [6.07, 6.45) is -3.70. The van der Waals surface area contributed by atoms with E-state index in [9.17, 15) is 13.2 Å². The molecule has 0 aliphatic heterocycles. The molecule has 0 bridgehead atoms. The third-order valence-electron chi connectivity index (χ3n) is 1.91. The first-order chi connectivity index (χ1) is 8.08. The number of rotatable bonds is 6. The van der Waals surface area contributed by atoms with Crippen LogP contribution in [0.2, 0.25) is 19.6 Å². The average molecular weight is 281 g/mol. The van der Waals surface area contributed by atoms with Crippen LogP contribution in [0.4, 0.5) is 13.2 Å². The molecule has 0 radical (unpaired) electrons. The Morgan fingerprint density at radius 2 is 1.83 bits per heavy atom. The van der Waals surface area contributed by atoms with E-state index in [-0.39, 0.29) is 6.61 Å². The molecule has 18 heavy (non-hydrogen) atoms. The molecule has 0 heterocycles. The van der Waals surface area contributed by atoms with Gasteiger partial charge in [0.25, 0.3) is 0 Å². The highest BCUT2D eigenvalue weighted by Crippen LogP contribution is 2.39. The van der Waals surface area contributed by atoms with Crippen LogP contribution in [-0.4, -0.2) is 26.7 Å². The Hall–Kier alpha value is -1.00. The van der Waals surface area contributed by atoms with Crippen LogP contribution in [0.25, 0.3) is 0 Å². The van der Waals surface area contributed by atoms with E-state index in [4.69, 9.17) is 14.4 Å². The van der Waals surface area contributed by atoms with Gasteiger partial charge in [0, 0.05) is 0 Å². The Balaban J connectivity index is 5.38. The van der Waals surface area contributed by atoms with Crippen molar-refractivity contribution in [3.8, 4) is 6.07 Å². The van der Waals surface area contributed by atoms with E-state index < -0.39 is 26.5 Å². The van der Waals surface area contributed by atoms with E-state index in [2.05, 4.69) is 0 Å². The Bertz CT molecular complexity index is 331. The molecule has 3 nitrogen and oxygen atoms in total. The van der Waals surface area contributed by atoms with E-state index >= 15 is 0 Å². The third-order valence-corrected chi connectivity index (χ3v) is 2.89. The predicted octanol–water partition coefficient (Wildman–Crippen LogP) is 3.60. The summed E-state index contributed by atoms with van der Waals surface area (Å²) in [5.41, 5.74) is -2.58. The summed E-state index contributed by atoms with van der Waals surface area (Å²) in [5, 5.41) is 8.63. The summed E-state index contributed by atoms with van der Waals surface area (Å²) in [7, 11) is -2.48. The molecule has 0 aromatic heterocycles. The van der Waals surface area contributed by atoms with Crippen molar-refractivity contribution in [2.45, 2.75) is 44.8 Å². The molecule has 0 aromatic rings. The van der Waals surface area contributed by atoms with Gasteiger partial charge in [0.2, 0.25) is 0 Å². The van der Waals surface area contributed by atoms with Crippen LogP contribution in [0.1, 0.15) is 13.3 Å². The van der Waals surface area contributed by atoms with Crippen molar-refractivity contribution in [3.63, 3.8) is 0 Å². The first-order valence-corrected chi connectivity index (χ1v) is 8.92. The first kappa shape index (κ1) is 17.0. The minimum absolute atomic E-state index is 0.254. The number of hydrogen-bond donors (Lipinski definition) is 0. The summed E-state index contributed by atoms with van der Waals surface area (Å²) < 4.78 is 49.5. The average Bonchev–Trinajstić information content (AvgIpc) is 2.14. The van der Waals surface area contributed by atoms with Crippen molar-refractivity contribution in [1.82, 2.24) is 0 Å². The van der Waals surface area contributed by atoms with Gasteiger partial charge in [-0.05, 0) is 32.6 Å². The fraction of sp³-hybridized carbons (Fsp3) is 0.727. The fourth-order valence-electron chi connectivity index (χ4n) is 1.30. The lowest BCUT2D eigenvalue weighted by Gasteiger charge is -2.36. The first-order valence-electron chi connectivity index (χ1n) is 5.51. The summed E-state index contributed by atoms with van der Waals surface area (Å²) >= 11 is 0. The van der Waals surface area contributed by atoms with E-state index in [1.165, 1.54) is 6.07 Å². The molecule has 0 aliphatic rings. The van der Waals surface area contributed by atoms with Crippen molar-refractivity contribution in [3.05, 3.63) is 12.3 Å². The second-order valence-corrected chi connectivity index (χ2v) is 9.12. The molecule has 104 valence electrons. The monoisotopic (exact) mass is 281 g/mol. The minimum atomic E-state index is -4.66. The third kappa shape index (κ3) is 5.10. The van der Waals surface area contributed by atoms with Crippen LogP contribution in [-0.2, 0) is 9.16 Å². The lowest BCUT2D eigenvalue weighted by Crippen LogP contribution is -2.51. The maximum Gasteiger partial charge on any atom is 0.421 e. The smallest absolute Gasteiger partial charge is 0.421 e. The van der Waals surface area contributed by atoms with Gasteiger partial charge in [-0.1, -0.05) is 0 Å². The van der Waals surface area contributed by atoms with Gasteiger partial charge in [0.1, 0.15) is 0 Å². The van der Waals surface area contributed by atoms with E-state index in [1.54, 1.807) is 26.6 Å². The topological polar surface area (TPSA) is 42.2 Å². The second kappa shape index (κ2) is 6.25. The molecular formula is C11H18F3NO2Si. The molecule has 0 fully saturated rings. The molecule has 1 atom stereocenters. The van der Waals surface area contributed by atoms with E-state index in [0.29, 0.717) is 0 Å². The Morgan fingerprint density at radius 3 is 2.17 bits per heavy atom. The van der Waals surface area contributed by atoms with Crippen molar-refractivity contribution in [1.29, 1.82) is 5.26 Å². The number of hydrogen-bond acceptors (Lipinski definition) is 3. The highest BCUT2D eigenvalue weighted by Gasteiger charge is 2.56. The summed E-state index contributed by atoms with van der Waals surface area (Å²) in [5.74, 6) is 0. The van der Waals surface area contributed by atoms with Crippen molar-refractivity contribution in [2.24, 2.45) is 0 Å². The van der Waals surface area contributed by atoms with Gasteiger partial charge in [0.05, 0.1) is 25.4 Å². The van der Waals surface area contributed by atoms with Crippen LogP contribution < -0.4 is 0 Å². The summed E-state index contributed by atoms with van der Waals surface area (Å²) in [6, 6.07) is 1.54. The SMILES string of the molecule is CCOC=CC(CC#N)(O[Si](C)(C)C)C(F)(F)F. The Morgan fingerprint density at radius 1 is 1.28 bits per heavy atom. The summed E-state index contributed by atoms with van der Waals surface area (Å²) in [4.78, 5) is 0. The predicted molar refractivity (Wildman–Crippen MR) is 64.2 cm³/mol. The Labute approximate surface area is 106 Å². The number of alkyl halides is 3. The second-order valence-electron chi connectivity index (χ2n) is 4.69. The molecule has 1 unspecified atom stereocenters. The van der Waals surface area contributed by atoms with Gasteiger partial charge in [-0.2, -0.15) is 18.4 Å². The molecule has 0 amide bonds. The lowest BCUT2D eigenvalue weighted by atomic mass is 10.0. The van der Waals surface area contributed by atoms with Gasteiger partial charge >= 0.3 is 6.18 Å². The molecule has 0 saturated heterocycles. The number of nitrogens with zero attached hydrogens (tertiary/aromatic N) is 1. The zero-order chi connectivity index (χ0) is 14.4. The van der Waals surface area contributed by atoms with Crippen LogP contribution in [0.15, 0.2) is 12.3 Å². The molecule has 0 N–H and O–H groups in total.